The van der Waals surface area contributed by atoms with E-state index in [9.17, 15) is 9.59 Å². The first-order chi connectivity index (χ1) is 18.4. The first kappa shape index (κ1) is 23.8. The average Bonchev–Trinajstić information content (AvgIpc) is 3.25. The third-order valence-electron chi connectivity index (χ3n) is 7.34. The number of hydrogen-bond acceptors (Lipinski definition) is 8. The minimum Gasteiger partial charge on any atom is -0.376 e. The number of nitrogens with zero attached hydrogens (tertiary/aromatic N) is 5. The molecule has 1 saturated carbocycles. The van der Waals surface area contributed by atoms with Gasteiger partial charge in [0, 0.05) is 23.1 Å². The van der Waals surface area contributed by atoms with Crippen LogP contribution in [0.5, 0.6) is 0 Å². The lowest BCUT2D eigenvalue weighted by Crippen LogP contribution is -2.53. The lowest BCUT2D eigenvalue weighted by Gasteiger charge is -2.28. The van der Waals surface area contributed by atoms with Gasteiger partial charge in [-0.1, -0.05) is 36.4 Å². The van der Waals surface area contributed by atoms with Crippen LogP contribution in [0.1, 0.15) is 31.2 Å². The smallest absolute Gasteiger partial charge is 0.376 e. The van der Waals surface area contributed by atoms with Crippen molar-refractivity contribution in [2.24, 2.45) is 33.4 Å². The normalized spacial score (nSPS) is 24.3. The molecule has 3 aromatic rings. The topological polar surface area (TPSA) is 146 Å². The molecule has 0 radical (unpaired) electrons. The number of benzene rings is 2. The fraction of sp³-hybridized carbons (Fsp3) is 0.214. The molecule has 1 fully saturated rings. The first-order valence-electron chi connectivity index (χ1n) is 12.5. The second kappa shape index (κ2) is 9.40. The summed E-state index contributed by atoms with van der Waals surface area (Å²) in [4.78, 5) is 41.9. The van der Waals surface area contributed by atoms with E-state index in [0.717, 1.165) is 33.4 Å². The van der Waals surface area contributed by atoms with Crippen LogP contribution < -0.4 is 11.6 Å². The Hall–Kier alpha value is -4.54. The molecule has 3 heterocycles. The average molecular weight is 509 g/mol. The number of fused-ring (bicyclic) bond motifs is 2. The summed E-state index contributed by atoms with van der Waals surface area (Å²) in [6.45, 7) is 0. The monoisotopic (exact) mass is 508 g/mol. The van der Waals surface area contributed by atoms with E-state index in [1.165, 1.54) is 0 Å². The number of quaternary nitrogens is 1. The summed E-state index contributed by atoms with van der Waals surface area (Å²) in [6, 6.07) is 15.8. The molecule has 1 aliphatic carbocycles. The fourth-order valence-electron chi connectivity index (χ4n) is 5.38. The summed E-state index contributed by atoms with van der Waals surface area (Å²) in [6.07, 6.45) is 8.56. The van der Waals surface area contributed by atoms with Crippen LogP contribution in [0.25, 0.3) is 22.3 Å². The van der Waals surface area contributed by atoms with Crippen LogP contribution in [0.4, 0.5) is 4.79 Å². The SMILES string of the molecule is NC(=O)OC(=O)C1CCC(C2=C3C=NC=C[N+]3(N)C(c3ccc4cnc(-c5ccccc5)nc4c3)=N2)CC1. The third-order valence-corrected chi connectivity index (χ3v) is 7.34. The van der Waals surface area contributed by atoms with E-state index in [4.69, 9.17) is 21.6 Å². The fourth-order valence-corrected chi connectivity index (χ4v) is 5.38. The molecule has 4 N–H and O–H groups in total. The Labute approximate surface area is 218 Å². The molecule has 0 bridgehead atoms. The van der Waals surface area contributed by atoms with Crippen molar-refractivity contribution >= 4 is 35.0 Å². The number of hydrogen-bond donors (Lipinski definition) is 2. The van der Waals surface area contributed by atoms with Gasteiger partial charge in [0.15, 0.2) is 5.82 Å². The Morgan fingerprint density at radius 1 is 1.00 bits per heavy atom. The van der Waals surface area contributed by atoms with Crippen molar-refractivity contribution in [1.82, 2.24) is 9.97 Å². The van der Waals surface area contributed by atoms with Gasteiger partial charge in [0.05, 0.1) is 29.4 Å². The quantitative estimate of drug-likeness (QED) is 0.236. The summed E-state index contributed by atoms with van der Waals surface area (Å²) in [7, 11) is 0. The zero-order chi connectivity index (χ0) is 26.3. The summed E-state index contributed by atoms with van der Waals surface area (Å²) < 4.78 is 4.50. The Kier molecular flexibility index (Phi) is 5.90. The molecule has 1 unspecified atom stereocenters. The number of amides is 1. The Bertz CT molecular complexity index is 1570. The molecule has 10 nitrogen and oxygen atoms in total. The van der Waals surface area contributed by atoms with Crippen LogP contribution >= 0.6 is 0 Å². The molecule has 10 heteroatoms. The van der Waals surface area contributed by atoms with E-state index in [0.29, 0.717) is 37.3 Å². The van der Waals surface area contributed by atoms with Crippen molar-refractivity contribution in [3.63, 3.8) is 0 Å². The summed E-state index contributed by atoms with van der Waals surface area (Å²) in [5, 5.41) is 0.918. The molecule has 2 aliphatic heterocycles. The van der Waals surface area contributed by atoms with Crippen LogP contribution in [0.15, 0.2) is 88.5 Å². The van der Waals surface area contributed by atoms with Crippen LogP contribution in [0.3, 0.4) is 0 Å². The molecule has 190 valence electrons. The highest BCUT2D eigenvalue weighted by Gasteiger charge is 2.46. The van der Waals surface area contributed by atoms with E-state index < -0.39 is 12.1 Å². The van der Waals surface area contributed by atoms with Crippen LogP contribution in [-0.4, -0.2) is 38.7 Å². The van der Waals surface area contributed by atoms with Gasteiger partial charge < -0.3 is 10.5 Å². The number of aliphatic imine (C=N–C) groups is 2. The number of rotatable bonds is 4. The van der Waals surface area contributed by atoms with Crippen molar-refractivity contribution in [2.45, 2.75) is 25.7 Å². The number of allylic oxidation sites excluding steroid dienone is 2. The maximum absolute atomic E-state index is 12.1. The van der Waals surface area contributed by atoms with Gasteiger partial charge in [0.2, 0.25) is 5.70 Å². The molecule has 0 spiro atoms. The zero-order valence-electron chi connectivity index (χ0n) is 20.5. The predicted octanol–water partition coefficient (Wildman–Crippen LogP) is 3.94. The highest BCUT2D eigenvalue weighted by Crippen LogP contribution is 2.41. The van der Waals surface area contributed by atoms with Gasteiger partial charge in [0.1, 0.15) is 11.9 Å². The lowest BCUT2D eigenvalue weighted by atomic mass is 9.80. The number of carbonyl (C=O) groups excluding carboxylic acids is 2. The van der Waals surface area contributed by atoms with Crippen LogP contribution in [0, 0.1) is 11.8 Å². The van der Waals surface area contributed by atoms with Crippen molar-refractivity contribution in [2.75, 3.05) is 0 Å². The number of ether oxygens (including phenoxy) is 1. The molecule has 2 aromatic carbocycles. The molecule has 6 rings (SSSR count). The van der Waals surface area contributed by atoms with Gasteiger partial charge in [0.25, 0.3) is 5.84 Å². The van der Waals surface area contributed by atoms with E-state index in [2.05, 4.69) is 14.7 Å². The Balaban J connectivity index is 1.32. The highest BCUT2D eigenvalue weighted by atomic mass is 16.6. The van der Waals surface area contributed by atoms with Gasteiger partial charge in [-0.2, -0.15) is 10.8 Å². The van der Waals surface area contributed by atoms with Gasteiger partial charge in [-0.25, -0.2) is 14.8 Å². The Morgan fingerprint density at radius 2 is 1.79 bits per heavy atom. The number of aromatic nitrogens is 2. The number of amidine groups is 1. The summed E-state index contributed by atoms with van der Waals surface area (Å²) in [5.41, 5.74) is 9.26. The second-order valence-electron chi connectivity index (χ2n) is 9.68. The van der Waals surface area contributed by atoms with Crippen molar-refractivity contribution in [3.8, 4) is 11.4 Å². The first-order valence-corrected chi connectivity index (χ1v) is 12.5. The van der Waals surface area contributed by atoms with Crippen LogP contribution in [-0.2, 0) is 9.53 Å². The lowest BCUT2D eigenvalue weighted by molar-refractivity contribution is -0.750. The van der Waals surface area contributed by atoms with Crippen molar-refractivity contribution in [1.29, 1.82) is 0 Å². The minimum atomic E-state index is -1.07. The van der Waals surface area contributed by atoms with Gasteiger partial charge in [-0.3, -0.25) is 9.79 Å². The van der Waals surface area contributed by atoms with Crippen molar-refractivity contribution < 1.29 is 18.9 Å². The second-order valence-corrected chi connectivity index (χ2v) is 9.68. The molecule has 1 aromatic heterocycles. The molecule has 0 saturated heterocycles. The van der Waals surface area contributed by atoms with E-state index in [1.807, 2.05) is 60.9 Å². The van der Waals surface area contributed by atoms with Gasteiger partial charge in [-0.05, 0) is 37.8 Å². The van der Waals surface area contributed by atoms with Gasteiger partial charge in [-0.15, -0.1) is 4.59 Å². The molecule has 38 heavy (non-hydrogen) atoms. The highest BCUT2D eigenvalue weighted by molar-refractivity contribution is 6.02. The largest absolute Gasteiger partial charge is 0.412 e. The maximum Gasteiger partial charge on any atom is 0.412 e. The Morgan fingerprint density at radius 3 is 2.55 bits per heavy atom. The van der Waals surface area contributed by atoms with E-state index in [-0.39, 0.29) is 16.4 Å². The standard InChI is InChI=1S/C28H25N7O3/c29-28(37)38-27(36)19-8-6-17(7-9-19)24-23-16-31-12-13-35(23,30)26(34-24)20-10-11-21-15-32-25(33-22(21)14-20)18-4-2-1-3-5-18/h1-5,10-17,19H,6-9,30H2,(H-,29,37)/p+1. The van der Waals surface area contributed by atoms with Crippen LogP contribution in [0.2, 0.25) is 0 Å². The summed E-state index contributed by atoms with van der Waals surface area (Å²) in [5.74, 6) is 7.44. The van der Waals surface area contributed by atoms with E-state index in [1.54, 1.807) is 12.4 Å². The summed E-state index contributed by atoms with van der Waals surface area (Å²) >= 11 is 0. The minimum absolute atomic E-state index is 0.0894. The number of nitrogens with two attached hydrogens (primary N) is 2. The van der Waals surface area contributed by atoms with E-state index >= 15 is 0 Å². The predicted molar refractivity (Wildman–Crippen MR) is 142 cm³/mol. The van der Waals surface area contributed by atoms with Crippen molar-refractivity contribution in [3.05, 3.63) is 84.1 Å². The molecular formula is C28H26N7O3+. The molecule has 1 atom stereocenters. The molecule has 1 amide bonds. The number of esters is 1. The number of primary amides is 1. The maximum atomic E-state index is 12.1. The molecule has 3 aliphatic rings. The zero-order valence-corrected chi connectivity index (χ0v) is 20.5. The number of carbonyl (C=O) groups is 2. The molecular weight excluding hydrogens is 482 g/mol. The third kappa shape index (κ3) is 4.19. The van der Waals surface area contributed by atoms with Gasteiger partial charge >= 0.3 is 12.1 Å².